The molecule has 2 bridgehead atoms. The smallest absolute Gasteiger partial charge is 0.217 e. The molecule has 4 rings (SSSR count). The fourth-order valence-corrected chi connectivity index (χ4v) is 7.73. The van der Waals surface area contributed by atoms with Gasteiger partial charge in [0.05, 0.1) is 19.5 Å². The Kier molecular flexibility index (Phi) is 4.44. The van der Waals surface area contributed by atoms with Gasteiger partial charge in [0, 0.05) is 12.6 Å². The van der Waals surface area contributed by atoms with Crippen molar-refractivity contribution < 1.29 is 17.9 Å². The van der Waals surface area contributed by atoms with E-state index in [4.69, 9.17) is 9.47 Å². The Labute approximate surface area is 150 Å². The average Bonchev–Trinajstić information content (AvgIpc) is 3.37. The zero-order chi connectivity index (χ0) is 17.6. The molecule has 0 amide bonds. The van der Waals surface area contributed by atoms with Crippen molar-refractivity contribution in [2.24, 2.45) is 11.8 Å². The molecule has 2 aliphatic carbocycles. The molecule has 1 saturated heterocycles. The van der Waals surface area contributed by atoms with Crippen molar-refractivity contribution in [1.82, 2.24) is 4.31 Å². The average molecular weight is 365 g/mol. The highest BCUT2D eigenvalue weighted by Crippen LogP contribution is 2.50. The minimum absolute atomic E-state index is 0.0797. The Morgan fingerprint density at radius 3 is 2.48 bits per heavy atom. The highest BCUT2D eigenvalue weighted by Gasteiger charge is 2.50. The molecule has 4 atom stereocenters. The number of benzene rings is 1. The van der Waals surface area contributed by atoms with E-state index in [1.807, 2.05) is 18.2 Å². The van der Waals surface area contributed by atoms with Gasteiger partial charge in [-0.15, -0.1) is 0 Å². The van der Waals surface area contributed by atoms with E-state index in [9.17, 15) is 8.42 Å². The lowest BCUT2D eigenvalue weighted by atomic mass is 10.0. The molecule has 3 aliphatic rings. The van der Waals surface area contributed by atoms with Crippen molar-refractivity contribution in [1.29, 1.82) is 0 Å². The van der Waals surface area contributed by atoms with Crippen LogP contribution < -0.4 is 9.47 Å². The molecule has 0 spiro atoms. The summed E-state index contributed by atoms with van der Waals surface area (Å²) < 4.78 is 39.2. The normalized spacial score (nSPS) is 32.2. The first kappa shape index (κ1) is 17.2. The van der Waals surface area contributed by atoms with Crippen LogP contribution in [0, 0.1) is 11.8 Å². The summed E-state index contributed by atoms with van der Waals surface area (Å²) in [5.74, 6) is 2.34. The second-order valence-corrected chi connectivity index (χ2v) is 9.75. The highest BCUT2D eigenvalue weighted by atomic mass is 32.2. The van der Waals surface area contributed by atoms with E-state index in [0.29, 0.717) is 29.9 Å². The predicted molar refractivity (Wildman–Crippen MR) is 96.4 cm³/mol. The first-order valence-electron chi connectivity index (χ1n) is 9.27. The maximum absolute atomic E-state index is 13.4. The third kappa shape index (κ3) is 2.83. The zero-order valence-corrected chi connectivity index (χ0v) is 15.8. The largest absolute Gasteiger partial charge is 0.493 e. The fraction of sp³-hybridized carbons (Fsp3) is 0.684. The van der Waals surface area contributed by atoms with Crippen LogP contribution in [0.2, 0.25) is 0 Å². The molecular weight excluding hydrogens is 338 g/mol. The summed E-state index contributed by atoms with van der Waals surface area (Å²) in [6.07, 6.45) is 6.06. The fourth-order valence-electron chi connectivity index (χ4n) is 5.16. The molecule has 2 saturated carbocycles. The van der Waals surface area contributed by atoms with Gasteiger partial charge in [0.25, 0.3) is 0 Å². The lowest BCUT2D eigenvalue weighted by Crippen LogP contribution is -2.40. The second kappa shape index (κ2) is 6.47. The molecule has 3 fully saturated rings. The first-order valence-corrected chi connectivity index (χ1v) is 10.8. The maximum atomic E-state index is 13.4. The van der Waals surface area contributed by atoms with Crippen LogP contribution in [0.4, 0.5) is 0 Å². The van der Waals surface area contributed by atoms with Gasteiger partial charge in [0.15, 0.2) is 11.5 Å². The Bertz CT molecular complexity index is 748. The molecule has 1 aromatic rings. The molecule has 1 aromatic carbocycles. The van der Waals surface area contributed by atoms with Gasteiger partial charge < -0.3 is 9.47 Å². The summed E-state index contributed by atoms with van der Waals surface area (Å²) in [6.45, 7) is 0.634. The molecule has 0 radical (unpaired) electrons. The summed E-state index contributed by atoms with van der Waals surface area (Å²) >= 11 is 0. The number of hydrogen-bond donors (Lipinski definition) is 0. The van der Waals surface area contributed by atoms with Crippen LogP contribution in [0.25, 0.3) is 0 Å². The molecule has 138 valence electrons. The third-order valence-electron chi connectivity index (χ3n) is 6.38. The summed E-state index contributed by atoms with van der Waals surface area (Å²) in [6, 6.07) is 5.69. The molecule has 0 aromatic heterocycles. The number of nitrogens with zero attached hydrogens (tertiary/aromatic N) is 1. The van der Waals surface area contributed by atoms with E-state index in [-0.39, 0.29) is 11.3 Å². The van der Waals surface area contributed by atoms with E-state index < -0.39 is 10.0 Å². The van der Waals surface area contributed by atoms with Crippen LogP contribution in [0.5, 0.6) is 11.5 Å². The van der Waals surface area contributed by atoms with E-state index in [0.717, 1.165) is 37.7 Å². The molecule has 25 heavy (non-hydrogen) atoms. The molecule has 6 heteroatoms. The Morgan fingerprint density at radius 1 is 1.04 bits per heavy atom. The van der Waals surface area contributed by atoms with Gasteiger partial charge in [-0.1, -0.05) is 12.5 Å². The highest BCUT2D eigenvalue weighted by molar-refractivity contribution is 7.89. The molecule has 5 nitrogen and oxygen atoms in total. The van der Waals surface area contributed by atoms with E-state index in [1.54, 1.807) is 18.5 Å². The Balaban J connectivity index is 1.62. The van der Waals surface area contributed by atoms with Crippen LogP contribution in [0.15, 0.2) is 18.2 Å². The van der Waals surface area contributed by atoms with Gasteiger partial charge in [-0.3, -0.25) is 0 Å². The second-order valence-electron chi connectivity index (χ2n) is 7.64. The lowest BCUT2D eigenvalue weighted by Gasteiger charge is -2.31. The standard InChI is InChI=1S/C19H27NO4S/c1-23-17-8-7-14(12-18(17)24-2)16-4-3-9-20(16)25(21,22)19-11-13-5-6-15(19)10-13/h7-8,12-13,15-16,19H,3-6,9-11H2,1-2H3/t13-,15-,16-,19-/m0/s1. The summed E-state index contributed by atoms with van der Waals surface area (Å²) in [7, 11) is -0.0193. The number of hydrogen-bond acceptors (Lipinski definition) is 4. The van der Waals surface area contributed by atoms with Crippen molar-refractivity contribution in [3.05, 3.63) is 23.8 Å². The van der Waals surface area contributed by atoms with Gasteiger partial charge in [-0.25, -0.2) is 8.42 Å². The summed E-state index contributed by atoms with van der Waals surface area (Å²) in [5, 5.41) is -0.160. The number of methoxy groups -OCH3 is 2. The number of fused-ring (bicyclic) bond motifs is 2. The van der Waals surface area contributed by atoms with Gasteiger partial charge in [-0.2, -0.15) is 4.31 Å². The van der Waals surface area contributed by atoms with Crippen LogP contribution >= 0.6 is 0 Å². The van der Waals surface area contributed by atoms with Crippen molar-refractivity contribution in [3.8, 4) is 11.5 Å². The number of sulfonamides is 1. The molecule has 0 N–H and O–H groups in total. The molecular formula is C19H27NO4S. The SMILES string of the molecule is COc1ccc([C@@H]2CCCN2S(=O)(=O)[C@H]2C[C@H]3CC[C@H]2C3)cc1OC. The van der Waals surface area contributed by atoms with Crippen molar-refractivity contribution in [3.63, 3.8) is 0 Å². The minimum Gasteiger partial charge on any atom is -0.493 e. The van der Waals surface area contributed by atoms with E-state index in [2.05, 4.69) is 0 Å². The van der Waals surface area contributed by atoms with Crippen LogP contribution in [-0.4, -0.2) is 38.7 Å². The van der Waals surface area contributed by atoms with Crippen LogP contribution in [-0.2, 0) is 10.0 Å². The lowest BCUT2D eigenvalue weighted by molar-refractivity contribution is 0.349. The first-order chi connectivity index (χ1) is 12.0. The van der Waals surface area contributed by atoms with Crippen LogP contribution in [0.3, 0.4) is 0 Å². The molecule has 1 heterocycles. The summed E-state index contributed by atoms with van der Waals surface area (Å²) in [4.78, 5) is 0. The summed E-state index contributed by atoms with van der Waals surface area (Å²) in [5.41, 5.74) is 1.00. The van der Waals surface area contributed by atoms with Crippen LogP contribution in [0.1, 0.15) is 50.1 Å². The van der Waals surface area contributed by atoms with Gasteiger partial charge >= 0.3 is 0 Å². The zero-order valence-electron chi connectivity index (χ0n) is 15.0. The van der Waals surface area contributed by atoms with Crippen molar-refractivity contribution in [2.75, 3.05) is 20.8 Å². The predicted octanol–water partition coefficient (Wildman–Crippen LogP) is 3.36. The molecule has 1 aliphatic heterocycles. The Morgan fingerprint density at radius 2 is 1.84 bits per heavy atom. The quantitative estimate of drug-likeness (QED) is 0.803. The van der Waals surface area contributed by atoms with Gasteiger partial charge in [0.2, 0.25) is 10.0 Å². The minimum atomic E-state index is -3.24. The molecule has 0 unspecified atom stereocenters. The van der Waals surface area contributed by atoms with Crippen molar-refractivity contribution >= 4 is 10.0 Å². The van der Waals surface area contributed by atoms with Gasteiger partial charge in [-0.05, 0) is 61.6 Å². The van der Waals surface area contributed by atoms with E-state index >= 15 is 0 Å². The Hall–Kier alpha value is -1.27. The number of rotatable bonds is 5. The third-order valence-corrected chi connectivity index (χ3v) is 8.81. The monoisotopic (exact) mass is 365 g/mol. The number of ether oxygens (including phenoxy) is 2. The topological polar surface area (TPSA) is 55.8 Å². The maximum Gasteiger partial charge on any atom is 0.217 e. The van der Waals surface area contributed by atoms with Gasteiger partial charge in [0.1, 0.15) is 0 Å². The van der Waals surface area contributed by atoms with E-state index in [1.165, 1.54) is 6.42 Å². The van der Waals surface area contributed by atoms with Crippen molar-refractivity contribution in [2.45, 2.75) is 49.8 Å².